The number of halogens is 1. The topological polar surface area (TPSA) is 55.1 Å². The van der Waals surface area contributed by atoms with Crippen LogP contribution in [0.15, 0.2) is 103 Å². The number of aromatic nitrogens is 3. The van der Waals surface area contributed by atoms with Crippen molar-refractivity contribution < 1.29 is 4.79 Å². The van der Waals surface area contributed by atoms with Crippen LogP contribution < -0.4 is 5.32 Å². The quantitative estimate of drug-likeness (QED) is 0.302. The largest absolute Gasteiger partial charge is 0.323 e. The number of anilines is 1. The number of rotatable bonds is 3. The van der Waals surface area contributed by atoms with Gasteiger partial charge in [-0.25, -0.2) is 9.48 Å². The number of carbonyl (C=O) groups excluding carboxylic acids is 1. The van der Waals surface area contributed by atoms with E-state index >= 15 is 0 Å². The van der Waals surface area contributed by atoms with E-state index in [0.717, 1.165) is 34.0 Å². The van der Waals surface area contributed by atoms with Gasteiger partial charge in [-0.3, -0.25) is 0 Å². The number of hydrogen-bond acceptors (Lipinski definition) is 2. The third-order valence-electron chi connectivity index (χ3n) is 6.58. The Morgan fingerprint density at radius 2 is 1.61 bits per heavy atom. The van der Waals surface area contributed by atoms with E-state index in [1.807, 2.05) is 95.5 Å². The minimum absolute atomic E-state index is 0.232. The lowest BCUT2D eigenvalue weighted by molar-refractivity contribution is 0.194. The summed E-state index contributed by atoms with van der Waals surface area (Å²) >= 11 is 6.38. The molecule has 2 amide bonds. The van der Waals surface area contributed by atoms with E-state index in [-0.39, 0.29) is 12.1 Å². The molecule has 1 atom stereocenters. The number of amides is 2. The van der Waals surface area contributed by atoms with E-state index in [4.69, 9.17) is 16.7 Å². The summed E-state index contributed by atoms with van der Waals surface area (Å²) in [5, 5.41) is 8.42. The van der Waals surface area contributed by atoms with Gasteiger partial charge in [0.1, 0.15) is 5.82 Å². The van der Waals surface area contributed by atoms with Gasteiger partial charge in [0, 0.05) is 11.8 Å². The fourth-order valence-corrected chi connectivity index (χ4v) is 5.07. The van der Waals surface area contributed by atoms with Crippen molar-refractivity contribution >= 4 is 23.3 Å². The summed E-state index contributed by atoms with van der Waals surface area (Å²) in [6.45, 7) is 2.37. The SMILES string of the molecule is Cc1nn(-c2ccccc2)c2c1CN(C(=O)Nc1ccccc1Cl)C(c1ccccc1)c1cccn1-2. The van der Waals surface area contributed by atoms with Crippen LogP contribution in [0.4, 0.5) is 10.5 Å². The Bertz CT molecular complexity index is 1540. The van der Waals surface area contributed by atoms with Gasteiger partial charge in [0.05, 0.1) is 40.4 Å². The molecule has 0 saturated carbocycles. The average molecular weight is 494 g/mol. The Balaban J connectivity index is 1.54. The van der Waals surface area contributed by atoms with Crippen molar-refractivity contribution in [2.75, 3.05) is 5.32 Å². The lowest BCUT2D eigenvalue weighted by atomic mass is 10.0. The third kappa shape index (κ3) is 3.76. The van der Waals surface area contributed by atoms with Gasteiger partial charge in [-0.15, -0.1) is 0 Å². The summed E-state index contributed by atoms with van der Waals surface area (Å²) in [5.41, 5.74) is 5.40. The molecule has 1 unspecified atom stereocenters. The van der Waals surface area contributed by atoms with Crippen molar-refractivity contribution in [2.45, 2.75) is 19.5 Å². The minimum atomic E-state index is -0.320. The summed E-state index contributed by atoms with van der Waals surface area (Å²) in [5.74, 6) is 0.938. The molecule has 0 radical (unpaired) electrons. The van der Waals surface area contributed by atoms with Crippen LogP contribution in [0.5, 0.6) is 0 Å². The highest BCUT2D eigenvalue weighted by molar-refractivity contribution is 6.33. The molecule has 3 heterocycles. The normalized spacial score (nSPS) is 14.6. The number of nitrogens with one attached hydrogen (secondary N) is 1. The standard InChI is InChI=1S/C29H24ClN5O/c1-20-23-19-34(29(36)31-25-16-9-8-15-24(25)30)27(21-11-4-2-5-12-21)26-17-10-18-33(26)28(23)35(32-20)22-13-6-3-7-14-22/h2-18,27H,19H2,1H3,(H,31,36). The molecule has 2 aromatic heterocycles. The van der Waals surface area contributed by atoms with Crippen molar-refractivity contribution in [2.24, 2.45) is 0 Å². The maximum absolute atomic E-state index is 13.9. The molecule has 0 spiro atoms. The van der Waals surface area contributed by atoms with Crippen molar-refractivity contribution in [3.63, 3.8) is 0 Å². The van der Waals surface area contributed by atoms with Crippen LogP contribution in [-0.4, -0.2) is 25.3 Å². The second-order valence-corrected chi connectivity index (χ2v) is 9.20. The first-order valence-corrected chi connectivity index (χ1v) is 12.2. The van der Waals surface area contributed by atoms with Gasteiger partial charge in [0.25, 0.3) is 0 Å². The molecule has 7 heteroatoms. The zero-order valence-electron chi connectivity index (χ0n) is 19.7. The van der Waals surface area contributed by atoms with Crippen molar-refractivity contribution in [1.29, 1.82) is 0 Å². The number of fused-ring (bicyclic) bond motifs is 3. The number of hydrogen-bond donors (Lipinski definition) is 1. The number of aryl methyl sites for hydroxylation is 1. The molecular formula is C29H24ClN5O. The Morgan fingerprint density at radius 3 is 2.36 bits per heavy atom. The van der Waals surface area contributed by atoms with Gasteiger partial charge in [-0.2, -0.15) is 5.10 Å². The first kappa shape index (κ1) is 22.2. The number of urea groups is 1. The molecule has 0 saturated heterocycles. The predicted octanol–water partition coefficient (Wildman–Crippen LogP) is 6.76. The fraction of sp³-hybridized carbons (Fsp3) is 0.103. The molecule has 0 bridgehead atoms. The summed E-state index contributed by atoms with van der Waals surface area (Å²) in [7, 11) is 0. The van der Waals surface area contributed by atoms with Gasteiger partial charge in [-0.1, -0.05) is 72.3 Å². The molecule has 36 heavy (non-hydrogen) atoms. The zero-order valence-corrected chi connectivity index (χ0v) is 20.4. The molecule has 5 aromatic rings. The molecule has 3 aromatic carbocycles. The molecule has 1 N–H and O–H groups in total. The van der Waals surface area contributed by atoms with Crippen molar-refractivity contribution in [3.8, 4) is 11.5 Å². The van der Waals surface area contributed by atoms with E-state index in [2.05, 4.69) is 28.1 Å². The van der Waals surface area contributed by atoms with E-state index in [1.54, 1.807) is 6.07 Å². The van der Waals surface area contributed by atoms with E-state index in [9.17, 15) is 4.79 Å². The predicted molar refractivity (Wildman–Crippen MR) is 142 cm³/mol. The number of para-hydroxylation sites is 2. The highest BCUT2D eigenvalue weighted by Crippen LogP contribution is 2.38. The average Bonchev–Trinajstić information content (AvgIpc) is 3.47. The Kier molecular flexibility index (Phi) is 5.58. The first-order valence-electron chi connectivity index (χ1n) is 11.8. The Labute approximate surface area is 214 Å². The van der Waals surface area contributed by atoms with E-state index < -0.39 is 0 Å². The van der Waals surface area contributed by atoms with Crippen LogP contribution in [0, 0.1) is 6.92 Å². The fourth-order valence-electron chi connectivity index (χ4n) is 4.88. The van der Waals surface area contributed by atoms with Crippen molar-refractivity contribution in [3.05, 3.63) is 131 Å². The van der Waals surface area contributed by atoms with Crippen LogP contribution in [-0.2, 0) is 6.54 Å². The van der Waals surface area contributed by atoms with E-state index in [1.165, 1.54) is 0 Å². The van der Waals surface area contributed by atoms with Gasteiger partial charge >= 0.3 is 6.03 Å². The van der Waals surface area contributed by atoms with Crippen LogP contribution in [0.3, 0.4) is 0 Å². The van der Waals surface area contributed by atoms with Gasteiger partial charge in [0.15, 0.2) is 0 Å². The Morgan fingerprint density at radius 1 is 0.917 bits per heavy atom. The summed E-state index contributed by atoms with van der Waals surface area (Å²) in [6.07, 6.45) is 2.04. The summed E-state index contributed by atoms with van der Waals surface area (Å²) in [4.78, 5) is 15.8. The molecule has 0 fully saturated rings. The molecule has 178 valence electrons. The highest BCUT2D eigenvalue weighted by atomic mass is 35.5. The van der Waals surface area contributed by atoms with Gasteiger partial charge < -0.3 is 14.8 Å². The smallest absolute Gasteiger partial charge is 0.307 e. The molecule has 1 aliphatic heterocycles. The number of benzene rings is 3. The molecule has 0 aliphatic carbocycles. The second-order valence-electron chi connectivity index (χ2n) is 8.79. The first-order chi connectivity index (χ1) is 17.6. The van der Waals surface area contributed by atoms with Crippen LogP contribution in [0.25, 0.3) is 11.5 Å². The molecule has 6 nitrogen and oxygen atoms in total. The third-order valence-corrected chi connectivity index (χ3v) is 6.91. The van der Waals surface area contributed by atoms with Gasteiger partial charge in [0.2, 0.25) is 0 Å². The maximum Gasteiger partial charge on any atom is 0.323 e. The van der Waals surface area contributed by atoms with Gasteiger partial charge in [-0.05, 0) is 48.9 Å². The highest BCUT2D eigenvalue weighted by Gasteiger charge is 2.36. The molecular weight excluding hydrogens is 470 g/mol. The molecule has 6 rings (SSSR count). The molecule has 1 aliphatic rings. The number of nitrogens with zero attached hydrogens (tertiary/aromatic N) is 4. The zero-order chi connectivity index (χ0) is 24.6. The minimum Gasteiger partial charge on any atom is -0.307 e. The van der Waals surface area contributed by atoms with Crippen molar-refractivity contribution in [1.82, 2.24) is 19.2 Å². The van der Waals surface area contributed by atoms with Crippen LogP contribution in [0.1, 0.15) is 28.6 Å². The summed E-state index contributed by atoms with van der Waals surface area (Å²) in [6, 6.07) is 31.0. The summed E-state index contributed by atoms with van der Waals surface area (Å²) < 4.78 is 4.12. The monoisotopic (exact) mass is 493 g/mol. The maximum atomic E-state index is 13.9. The Hall–Kier alpha value is -4.29. The van der Waals surface area contributed by atoms with E-state index in [0.29, 0.717) is 17.3 Å². The lowest BCUT2D eigenvalue weighted by Gasteiger charge is -2.31. The second kappa shape index (κ2) is 9.06. The van der Waals surface area contributed by atoms with Crippen LogP contribution >= 0.6 is 11.6 Å². The van der Waals surface area contributed by atoms with Crippen LogP contribution in [0.2, 0.25) is 5.02 Å². The lowest BCUT2D eigenvalue weighted by Crippen LogP contribution is -2.38. The number of carbonyl (C=O) groups is 1.